The Morgan fingerprint density at radius 1 is 1.14 bits per heavy atom. The number of methoxy groups -OCH3 is 1. The number of hydrogen-bond acceptors (Lipinski definition) is 5. The summed E-state index contributed by atoms with van der Waals surface area (Å²) in [5.74, 6) is -0.871. The second-order valence-corrected chi connectivity index (χ2v) is 8.38. The minimum Gasteiger partial charge on any atom is -0.460 e. The summed E-state index contributed by atoms with van der Waals surface area (Å²) in [6.45, 7) is 11.0. The molecule has 0 saturated carbocycles. The summed E-state index contributed by atoms with van der Waals surface area (Å²) in [5, 5.41) is 2.63. The van der Waals surface area contributed by atoms with Gasteiger partial charge in [0, 0.05) is 25.7 Å². The minimum atomic E-state index is -0.711. The molecule has 0 aliphatic carbocycles. The topological polar surface area (TPSA) is 73.9 Å². The van der Waals surface area contributed by atoms with Gasteiger partial charge in [0.05, 0.1) is 12.5 Å². The Morgan fingerprint density at radius 2 is 1.79 bits per heavy atom. The zero-order chi connectivity index (χ0) is 21.5. The van der Waals surface area contributed by atoms with Gasteiger partial charge in [0.25, 0.3) is 0 Å². The lowest BCUT2D eigenvalue weighted by Gasteiger charge is -2.26. The maximum atomic E-state index is 14.3. The summed E-state index contributed by atoms with van der Waals surface area (Å²) < 4.78 is 29.9. The molecule has 6 nitrogen and oxygen atoms in total. The van der Waals surface area contributed by atoms with Crippen LogP contribution in [0, 0.1) is 5.82 Å². The Labute approximate surface area is 166 Å². The second-order valence-electron chi connectivity index (χ2n) is 8.38. The lowest BCUT2D eigenvalue weighted by molar-refractivity contribution is -0.153. The van der Waals surface area contributed by atoms with Gasteiger partial charge in [-0.15, -0.1) is 0 Å². The third kappa shape index (κ3) is 8.69. The Morgan fingerprint density at radius 3 is 2.36 bits per heavy atom. The Balaban J connectivity index is 2.78. The van der Waals surface area contributed by atoms with Crippen LogP contribution in [0.25, 0.3) is 0 Å². The van der Waals surface area contributed by atoms with Crippen molar-refractivity contribution in [3.8, 4) is 0 Å². The quantitative estimate of drug-likeness (QED) is 0.662. The van der Waals surface area contributed by atoms with E-state index in [1.54, 1.807) is 54.7 Å². The van der Waals surface area contributed by atoms with Crippen LogP contribution in [0.5, 0.6) is 0 Å². The first-order valence-corrected chi connectivity index (χ1v) is 9.31. The molecule has 158 valence electrons. The molecule has 1 amide bonds. The number of hydrogen-bond donors (Lipinski definition) is 1. The second kappa shape index (κ2) is 9.87. The minimum absolute atomic E-state index is 0.0196. The lowest BCUT2D eigenvalue weighted by Crippen LogP contribution is -2.36. The molecule has 0 saturated heterocycles. The third-order valence-electron chi connectivity index (χ3n) is 3.91. The van der Waals surface area contributed by atoms with E-state index in [2.05, 4.69) is 5.32 Å². The number of alkyl carbamates (subject to hydrolysis) is 1. The third-order valence-corrected chi connectivity index (χ3v) is 3.91. The molecule has 1 aromatic rings. The summed E-state index contributed by atoms with van der Waals surface area (Å²) in [6, 6.07) is 3.73. The number of halogens is 1. The van der Waals surface area contributed by atoms with E-state index < -0.39 is 35.1 Å². The van der Waals surface area contributed by atoms with Crippen LogP contribution in [0.2, 0.25) is 0 Å². The summed E-state index contributed by atoms with van der Waals surface area (Å²) in [4.78, 5) is 24.2. The molecule has 0 aliphatic heterocycles. The highest BCUT2D eigenvalue weighted by atomic mass is 19.1. The maximum absolute atomic E-state index is 14.3. The van der Waals surface area contributed by atoms with Gasteiger partial charge in [0.2, 0.25) is 0 Å². The fraction of sp³-hybridized carbons (Fsp3) is 0.619. The molecule has 1 rings (SSSR count). The standard InChI is InChI=1S/C21H32FNO5/c1-14(23-19(25)28-21(5,6)10-11-26-7)16-12-15(8-9-17(16)22)13-18(24)27-20(2,3)4/h8-9,12,14H,10-11,13H2,1-7H3,(H,23,25). The molecular weight excluding hydrogens is 365 g/mol. The van der Waals surface area contributed by atoms with Crippen molar-refractivity contribution in [2.45, 2.75) is 71.6 Å². The Hall–Kier alpha value is -2.15. The van der Waals surface area contributed by atoms with Crippen molar-refractivity contribution in [2.75, 3.05) is 13.7 Å². The van der Waals surface area contributed by atoms with Gasteiger partial charge in [-0.2, -0.15) is 0 Å². The van der Waals surface area contributed by atoms with E-state index in [1.807, 2.05) is 0 Å². The molecule has 0 heterocycles. The van der Waals surface area contributed by atoms with Crippen molar-refractivity contribution in [2.24, 2.45) is 0 Å². The van der Waals surface area contributed by atoms with E-state index in [4.69, 9.17) is 14.2 Å². The molecular formula is C21H32FNO5. The number of carbonyl (C=O) groups is 2. The first-order chi connectivity index (χ1) is 12.8. The van der Waals surface area contributed by atoms with Crippen molar-refractivity contribution >= 4 is 12.1 Å². The van der Waals surface area contributed by atoms with E-state index in [0.717, 1.165) is 0 Å². The maximum Gasteiger partial charge on any atom is 0.408 e. The highest BCUT2D eigenvalue weighted by molar-refractivity contribution is 5.73. The number of amides is 1. The summed E-state index contributed by atoms with van der Waals surface area (Å²) in [5.41, 5.74) is -0.425. The molecule has 7 heteroatoms. The van der Waals surface area contributed by atoms with Gasteiger partial charge in [-0.25, -0.2) is 9.18 Å². The first-order valence-electron chi connectivity index (χ1n) is 9.31. The van der Waals surface area contributed by atoms with Crippen LogP contribution >= 0.6 is 0 Å². The van der Waals surface area contributed by atoms with Crippen molar-refractivity contribution in [3.05, 3.63) is 35.1 Å². The summed E-state index contributed by atoms with van der Waals surface area (Å²) in [6.07, 6.45) is -0.0953. The van der Waals surface area contributed by atoms with Gasteiger partial charge >= 0.3 is 12.1 Å². The highest BCUT2D eigenvalue weighted by Gasteiger charge is 2.24. The molecule has 1 aromatic carbocycles. The van der Waals surface area contributed by atoms with Gasteiger partial charge in [-0.05, 0) is 53.2 Å². The molecule has 0 radical (unpaired) electrons. The molecule has 1 atom stereocenters. The molecule has 28 heavy (non-hydrogen) atoms. The van der Waals surface area contributed by atoms with Crippen molar-refractivity contribution in [1.29, 1.82) is 0 Å². The van der Waals surface area contributed by atoms with E-state index in [9.17, 15) is 14.0 Å². The first kappa shape index (κ1) is 23.9. The average molecular weight is 397 g/mol. The molecule has 0 fully saturated rings. The van der Waals surface area contributed by atoms with E-state index in [-0.39, 0.29) is 12.0 Å². The number of benzene rings is 1. The van der Waals surface area contributed by atoms with Crippen molar-refractivity contribution in [1.82, 2.24) is 5.32 Å². The molecule has 1 N–H and O–H groups in total. The van der Waals surface area contributed by atoms with Gasteiger partial charge in [-0.1, -0.05) is 12.1 Å². The van der Waals surface area contributed by atoms with E-state index >= 15 is 0 Å². The Bertz CT molecular complexity index is 682. The normalized spacial score (nSPS) is 13.0. The predicted octanol–water partition coefficient (Wildman–Crippen LogP) is 4.31. The number of rotatable bonds is 8. The summed E-state index contributed by atoms with van der Waals surface area (Å²) >= 11 is 0. The van der Waals surface area contributed by atoms with E-state index in [0.29, 0.717) is 18.6 Å². The molecule has 0 bridgehead atoms. The smallest absolute Gasteiger partial charge is 0.408 e. The lowest BCUT2D eigenvalue weighted by atomic mass is 10.0. The predicted molar refractivity (Wildman–Crippen MR) is 105 cm³/mol. The molecule has 0 aromatic heterocycles. The van der Waals surface area contributed by atoms with E-state index in [1.165, 1.54) is 12.1 Å². The highest BCUT2D eigenvalue weighted by Crippen LogP contribution is 2.21. The van der Waals surface area contributed by atoms with Crippen LogP contribution < -0.4 is 5.32 Å². The molecule has 0 spiro atoms. The summed E-state index contributed by atoms with van der Waals surface area (Å²) in [7, 11) is 1.57. The van der Waals surface area contributed by atoms with Gasteiger partial charge < -0.3 is 19.5 Å². The number of nitrogens with one attached hydrogen (secondary N) is 1. The zero-order valence-electron chi connectivity index (χ0n) is 17.8. The number of esters is 1. The van der Waals surface area contributed by atoms with Crippen molar-refractivity contribution < 1.29 is 28.2 Å². The van der Waals surface area contributed by atoms with Crippen molar-refractivity contribution in [3.63, 3.8) is 0 Å². The monoisotopic (exact) mass is 397 g/mol. The average Bonchev–Trinajstić information content (AvgIpc) is 2.52. The fourth-order valence-corrected chi connectivity index (χ4v) is 2.51. The zero-order valence-corrected chi connectivity index (χ0v) is 17.8. The van der Waals surface area contributed by atoms with Gasteiger partial charge in [-0.3, -0.25) is 4.79 Å². The number of carbonyl (C=O) groups excluding carboxylic acids is 2. The fourth-order valence-electron chi connectivity index (χ4n) is 2.51. The van der Waals surface area contributed by atoms with Crippen LogP contribution in [0.15, 0.2) is 18.2 Å². The largest absolute Gasteiger partial charge is 0.460 e. The SMILES string of the molecule is COCCC(C)(C)OC(=O)NC(C)c1cc(CC(=O)OC(C)(C)C)ccc1F. The van der Waals surface area contributed by atoms with Crippen LogP contribution in [-0.4, -0.2) is 37.0 Å². The molecule has 1 unspecified atom stereocenters. The van der Waals surface area contributed by atoms with Gasteiger partial charge in [0.1, 0.15) is 17.0 Å². The number of ether oxygens (including phenoxy) is 3. The van der Waals surface area contributed by atoms with Crippen LogP contribution in [0.3, 0.4) is 0 Å². The van der Waals surface area contributed by atoms with Crippen LogP contribution in [0.1, 0.15) is 65.1 Å². The Kier molecular flexibility index (Phi) is 8.42. The molecule has 0 aliphatic rings. The van der Waals surface area contributed by atoms with Gasteiger partial charge in [0.15, 0.2) is 0 Å². The van der Waals surface area contributed by atoms with Crippen LogP contribution in [-0.2, 0) is 25.4 Å². The van der Waals surface area contributed by atoms with Crippen LogP contribution in [0.4, 0.5) is 9.18 Å².